The quantitative estimate of drug-likeness (QED) is 0.716. The summed E-state index contributed by atoms with van der Waals surface area (Å²) in [5.74, 6) is 2.22. The molecule has 1 aliphatic rings. The van der Waals surface area contributed by atoms with Crippen molar-refractivity contribution in [3.63, 3.8) is 0 Å². The predicted molar refractivity (Wildman–Crippen MR) is 88.2 cm³/mol. The molecule has 2 heterocycles. The summed E-state index contributed by atoms with van der Waals surface area (Å²) in [6, 6.07) is 4.00. The minimum atomic E-state index is 0.601. The summed E-state index contributed by atoms with van der Waals surface area (Å²) >= 11 is 5.71. The second-order valence-corrected chi connectivity index (χ2v) is 6.51. The molecule has 0 fully saturated rings. The molecule has 1 aromatic heterocycles. The number of fused-ring (bicyclic) bond motifs is 1. The monoisotopic (exact) mass is 449 g/mol. The highest BCUT2D eigenvalue weighted by Crippen LogP contribution is 2.38. The van der Waals surface area contributed by atoms with Crippen molar-refractivity contribution >= 4 is 44.3 Å². The molecule has 0 bridgehead atoms. The molecule has 106 valence electrons. The van der Waals surface area contributed by atoms with Crippen molar-refractivity contribution in [2.75, 3.05) is 18.9 Å². The molecule has 5 nitrogen and oxygen atoms in total. The molecule has 20 heavy (non-hydrogen) atoms. The van der Waals surface area contributed by atoms with Crippen LogP contribution in [0.5, 0.6) is 11.5 Å². The Morgan fingerprint density at radius 1 is 1.35 bits per heavy atom. The van der Waals surface area contributed by atoms with Gasteiger partial charge in [-0.15, -0.1) is 0 Å². The molecular formula is C13H13BrIN3O2. The zero-order valence-electron chi connectivity index (χ0n) is 10.6. The fourth-order valence-corrected chi connectivity index (χ4v) is 3.05. The molecular weight excluding hydrogens is 437 g/mol. The van der Waals surface area contributed by atoms with Crippen molar-refractivity contribution in [1.29, 1.82) is 0 Å². The minimum absolute atomic E-state index is 0.601. The summed E-state index contributed by atoms with van der Waals surface area (Å²) in [4.78, 5) is 0. The molecule has 1 aliphatic heterocycles. The number of anilines is 1. The van der Waals surface area contributed by atoms with Gasteiger partial charge in [-0.2, -0.15) is 5.10 Å². The van der Waals surface area contributed by atoms with Crippen LogP contribution in [0.1, 0.15) is 12.0 Å². The van der Waals surface area contributed by atoms with E-state index in [0.29, 0.717) is 25.6 Å². The van der Waals surface area contributed by atoms with Gasteiger partial charge in [0.05, 0.1) is 34.0 Å². The molecule has 0 saturated carbocycles. The van der Waals surface area contributed by atoms with E-state index in [2.05, 4.69) is 43.6 Å². The van der Waals surface area contributed by atoms with E-state index in [9.17, 15) is 0 Å². The van der Waals surface area contributed by atoms with E-state index in [0.717, 1.165) is 31.5 Å². The van der Waals surface area contributed by atoms with E-state index in [1.165, 1.54) is 0 Å². The molecule has 2 N–H and O–H groups in total. The van der Waals surface area contributed by atoms with Gasteiger partial charge in [0.2, 0.25) is 0 Å². The second kappa shape index (κ2) is 5.80. The molecule has 7 heteroatoms. The first-order chi connectivity index (χ1) is 9.65. The van der Waals surface area contributed by atoms with Gasteiger partial charge in [0.1, 0.15) is 5.82 Å². The molecule has 0 unspecified atom stereocenters. The average Bonchev–Trinajstić information content (AvgIpc) is 2.66. The largest absolute Gasteiger partial charge is 0.490 e. The summed E-state index contributed by atoms with van der Waals surface area (Å²) in [5.41, 5.74) is 7.04. The highest BCUT2D eigenvalue weighted by Gasteiger charge is 2.16. The molecule has 1 aromatic carbocycles. The zero-order valence-corrected chi connectivity index (χ0v) is 14.3. The van der Waals surface area contributed by atoms with Gasteiger partial charge in [-0.25, -0.2) is 4.68 Å². The molecule has 0 radical (unpaired) electrons. The predicted octanol–water partition coefficient (Wildman–Crippen LogP) is 3.04. The Hall–Kier alpha value is -0.960. The first-order valence-corrected chi connectivity index (χ1v) is 8.07. The van der Waals surface area contributed by atoms with Crippen molar-refractivity contribution in [3.05, 3.63) is 31.9 Å². The zero-order chi connectivity index (χ0) is 14.1. The van der Waals surface area contributed by atoms with Crippen LogP contribution in [0.15, 0.2) is 22.8 Å². The van der Waals surface area contributed by atoms with E-state index >= 15 is 0 Å². The van der Waals surface area contributed by atoms with Gasteiger partial charge >= 0.3 is 0 Å². The number of aromatic nitrogens is 2. The van der Waals surface area contributed by atoms with E-state index in [4.69, 9.17) is 15.2 Å². The number of halogens is 2. The summed E-state index contributed by atoms with van der Waals surface area (Å²) in [6.07, 6.45) is 2.65. The molecule has 0 aliphatic carbocycles. The van der Waals surface area contributed by atoms with Crippen LogP contribution in [-0.2, 0) is 6.54 Å². The molecule has 0 saturated heterocycles. The Bertz CT molecular complexity index is 645. The highest BCUT2D eigenvalue weighted by atomic mass is 127. The summed E-state index contributed by atoms with van der Waals surface area (Å²) in [6.45, 7) is 1.95. The number of rotatable bonds is 2. The lowest BCUT2D eigenvalue weighted by molar-refractivity contribution is 0.296. The molecule has 0 amide bonds. The van der Waals surface area contributed by atoms with Crippen LogP contribution in [-0.4, -0.2) is 23.0 Å². The number of benzene rings is 1. The SMILES string of the molecule is Nc1c(I)cnn1Cc1cc(Br)c2c(c1)OCCCO2. The van der Waals surface area contributed by atoms with Crippen LogP contribution in [0.3, 0.4) is 0 Å². The summed E-state index contributed by atoms with van der Waals surface area (Å²) in [7, 11) is 0. The van der Waals surface area contributed by atoms with E-state index in [-0.39, 0.29) is 0 Å². The van der Waals surface area contributed by atoms with Crippen LogP contribution in [0, 0.1) is 3.57 Å². The van der Waals surface area contributed by atoms with Crippen molar-refractivity contribution in [3.8, 4) is 11.5 Å². The third kappa shape index (κ3) is 2.73. The van der Waals surface area contributed by atoms with Gasteiger partial charge < -0.3 is 15.2 Å². The molecule has 3 rings (SSSR count). The average molecular weight is 450 g/mol. The van der Waals surface area contributed by atoms with Gasteiger partial charge in [-0.1, -0.05) is 0 Å². The lowest BCUT2D eigenvalue weighted by Gasteiger charge is -2.12. The van der Waals surface area contributed by atoms with Gasteiger partial charge in [-0.3, -0.25) is 0 Å². The normalized spacial score (nSPS) is 14.1. The van der Waals surface area contributed by atoms with Crippen molar-refractivity contribution < 1.29 is 9.47 Å². The van der Waals surface area contributed by atoms with Gasteiger partial charge in [0.15, 0.2) is 11.5 Å². The third-order valence-corrected chi connectivity index (χ3v) is 4.45. The fraction of sp³-hybridized carbons (Fsp3) is 0.308. The fourth-order valence-electron chi connectivity index (χ4n) is 2.05. The van der Waals surface area contributed by atoms with Crippen LogP contribution >= 0.6 is 38.5 Å². The van der Waals surface area contributed by atoms with Crippen LogP contribution in [0.25, 0.3) is 0 Å². The maximum Gasteiger partial charge on any atom is 0.175 e. The Kier molecular flexibility index (Phi) is 4.06. The first-order valence-electron chi connectivity index (χ1n) is 6.20. The number of hydrogen-bond donors (Lipinski definition) is 1. The maximum absolute atomic E-state index is 5.98. The van der Waals surface area contributed by atoms with E-state index in [1.807, 2.05) is 12.1 Å². The van der Waals surface area contributed by atoms with Crippen molar-refractivity contribution in [2.24, 2.45) is 0 Å². The van der Waals surface area contributed by atoms with E-state index in [1.54, 1.807) is 10.9 Å². The Labute approximate surface area is 138 Å². The standard InChI is InChI=1S/C13H13BrIN3O2/c14-9-4-8(7-18-13(16)10(15)6-17-18)5-11-12(9)20-3-1-2-19-11/h4-6H,1-3,7,16H2. The van der Waals surface area contributed by atoms with Gasteiger partial charge in [0.25, 0.3) is 0 Å². The van der Waals surface area contributed by atoms with Gasteiger partial charge in [0, 0.05) is 6.42 Å². The van der Waals surface area contributed by atoms with Crippen LogP contribution < -0.4 is 15.2 Å². The molecule has 0 atom stereocenters. The van der Waals surface area contributed by atoms with Crippen molar-refractivity contribution in [1.82, 2.24) is 9.78 Å². The lowest BCUT2D eigenvalue weighted by atomic mass is 10.2. The van der Waals surface area contributed by atoms with E-state index < -0.39 is 0 Å². The number of nitrogens with zero attached hydrogens (tertiary/aromatic N) is 2. The maximum atomic E-state index is 5.98. The smallest absolute Gasteiger partial charge is 0.175 e. The minimum Gasteiger partial charge on any atom is -0.490 e. The van der Waals surface area contributed by atoms with Crippen molar-refractivity contribution in [2.45, 2.75) is 13.0 Å². The number of nitrogen functional groups attached to an aromatic ring is 1. The molecule has 2 aromatic rings. The second-order valence-electron chi connectivity index (χ2n) is 4.49. The Balaban J connectivity index is 1.93. The number of nitrogens with two attached hydrogens (primary N) is 1. The number of ether oxygens (including phenoxy) is 2. The molecule has 0 spiro atoms. The lowest BCUT2D eigenvalue weighted by Crippen LogP contribution is -2.06. The summed E-state index contributed by atoms with van der Waals surface area (Å²) < 4.78 is 15.0. The Morgan fingerprint density at radius 2 is 2.15 bits per heavy atom. The Morgan fingerprint density at radius 3 is 2.90 bits per heavy atom. The summed E-state index contributed by atoms with van der Waals surface area (Å²) in [5, 5.41) is 4.27. The van der Waals surface area contributed by atoms with Gasteiger partial charge in [-0.05, 0) is 56.2 Å². The highest BCUT2D eigenvalue weighted by molar-refractivity contribution is 14.1. The van der Waals surface area contributed by atoms with Crippen LogP contribution in [0.2, 0.25) is 0 Å². The first kappa shape index (κ1) is 14.0. The third-order valence-electron chi connectivity index (χ3n) is 3.03. The topological polar surface area (TPSA) is 62.3 Å². The van der Waals surface area contributed by atoms with Crippen LogP contribution in [0.4, 0.5) is 5.82 Å². The number of hydrogen-bond acceptors (Lipinski definition) is 4.